The number of carbonyl (C=O) groups excluding carboxylic acids is 1. The summed E-state index contributed by atoms with van der Waals surface area (Å²) in [5.41, 5.74) is 1.50. The van der Waals surface area contributed by atoms with Crippen molar-refractivity contribution >= 4 is 28.5 Å². The van der Waals surface area contributed by atoms with Crippen LogP contribution < -0.4 is 5.32 Å². The minimum Gasteiger partial charge on any atom is -0.350 e. The Hall–Kier alpha value is -1.55. The molecule has 1 aromatic heterocycles. The number of fused-ring (bicyclic) bond motifs is 1. The third-order valence-corrected chi connectivity index (χ3v) is 2.23. The molecular weight excluding hydrogens is 214 g/mol. The predicted molar refractivity (Wildman–Crippen MR) is 59.1 cm³/mol. The molecular formula is C10H10ClN3O. The van der Waals surface area contributed by atoms with Crippen LogP contribution in [0.2, 0.25) is 5.02 Å². The van der Waals surface area contributed by atoms with E-state index in [0.717, 1.165) is 5.52 Å². The van der Waals surface area contributed by atoms with Crippen molar-refractivity contribution in [3.8, 4) is 0 Å². The average Bonchev–Trinajstić information content (AvgIpc) is 2.60. The summed E-state index contributed by atoms with van der Waals surface area (Å²) in [5.74, 6) is 0.110. The van der Waals surface area contributed by atoms with E-state index in [0.29, 0.717) is 22.9 Å². The van der Waals surface area contributed by atoms with Crippen LogP contribution in [0.3, 0.4) is 0 Å². The van der Waals surface area contributed by atoms with E-state index in [-0.39, 0.29) is 5.91 Å². The Bertz CT molecular complexity index is 506. The van der Waals surface area contributed by atoms with Gasteiger partial charge < -0.3 is 10.3 Å². The minimum absolute atomic E-state index is 0.204. The lowest BCUT2D eigenvalue weighted by Gasteiger charge is -1.95. The molecule has 2 N–H and O–H groups in total. The van der Waals surface area contributed by atoms with E-state index in [4.69, 9.17) is 11.6 Å². The molecule has 0 radical (unpaired) electrons. The molecule has 0 bridgehead atoms. The van der Waals surface area contributed by atoms with Gasteiger partial charge in [-0.3, -0.25) is 4.79 Å². The lowest BCUT2D eigenvalue weighted by Crippen LogP contribution is -2.23. The van der Waals surface area contributed by atoms with Gasteiger partial charge in [0.15, 0.2) is 5.82 Å². The molecule has 4 nitrogen and oxygen atoms in total. The summed E-state index contributed by atoms with van der Waals surface area (Å²) in [6.45, 7) is 2.44. The number of hydrogen-bond donors (Lipinski definition) is 2. The lowest BCUT2D eigenvalue weighted by molar-refractivity contribution is 0.0947. The van der Waals surface area contributed by atoms with Crippen LogP contribution in [-0.4, -0.2) is 22.4 Å². The first-order chi connectivity index (χ1) is 7.20. The second-order valence-electron chi connectivity index (χ2n) is 3.11. The topological polar surface area (TPSA) is 57.8 Å². The van der Waals surface area contributed by atoms with Crippen molar-refractivity contribution in [1.29, 1.82) is 0 Å². The molecule has 1 amide bonds. The van der Waals surface area contributed by atoms with E-state index < -0.39 is 0 Å². The number of H-pyrrole nitrogens is 1. The number of amides is 1. The standard InChI is InChI=1S/C10H10ClN3O/c1-2-12-10(15)9-13-7-4-3-6(11)5-8(7)14-9/h3-5H,2H2,1H3,(H,12,15)(H,13,14). The van der Waals surface area contributed by atoms with Crippen LogP contribution in [0.4, 0.5) is 0 Å². The third kappa shape index (κ3) is 1.94. The zero-order valence-electron chi connectivity index (χ0n) is 8.17. The fourth-order valence-corrected chi connectivity index (χ4v) is 1.50. The minimum atomic E-state index is -0.204. The Balaban J connectivity index is 2.42. The summed E-state index contributed by atoms with van der Waals surface area (Å²) in [5, 5.41) is 3.28. The molecule has 0 aliphatic rings. The summed E-state index contributed by atoms with van der Waals surface area (Å²) < 4.78 is 0. The predicted octanol–water partition coefficient (Wildman–Crippen LogP) is 1.97. The van der Waals surface area contributed by atoms with E-state index in [1.54, 1.807) is 18.2 Å². The molecule has 0 atom stereocenters. The van der Waals surface area contributed by atoms with Crippen LogP contribution in [0, 0.1) is 0 Å². The zero-order chi connectivity index (χ0) is 10.8. The number of rotatable bonds is 2. The van der Waals surface area contributed by atoms with Crippen LogP contribution >= 0.6 is 11.6 Å². The van der Waals surface area contributed by atoms with Crippen molar-refractivity contribution in [2.24, 2.45) is 0 Å². The number of nitrogens with one attached hydrogen (secondary N) is 2. The normalized spacial score (nSPS) is 10.5. The Morgan fingerprint density at radius 3 is 3.13 bits per heavy atom. The van der Waals surface area contributed by atoms with Gasteiger partial charge in [0, 0.05) is 11.6 Å². The largest absolute Gasteiger partial charge is 0.350 e. The fraction of sp³-hybridized carbons (Fsp3) is 0.200. The Morgan fingerprint density at radius 1 is 1.60 bits per heavy atom. The molecule has 0 saturated heterocycles. The molecule has 15 heavy (non-hydrogen) atoms. The van der Waals surface area contributed by atoms with Crippen LogP contribution in [0.5, 0.6) is 0 Å². The molecule has 78 valence electrons. The first-order valence-corrected chi connectivity index (χ1v) is 5.02. The summed E-state index contributed by atoms with van der Waals surface area (Å²) in [7, 11) is 0. The van der Waals surface area contributed by atoms with Gasteiger partial charge in [-0.05, 0) is 25.1 Å². The van der Waals surface area contributed by atoms with Crippen molar-refractivity contribution in [3.63, 3.8) is 0 Å². The maximum absolute atomic E-state index is 11.5. The van der Waals surface area contributed by atoms with Crippen molar-refractivity contribution in [1.82, 2.24) is 15.3 Å². The van der Waals surface area contributed by atoms with E-state index in [2.05, 4.69) is 15.3 Å². The highest BCUT2D eigenvalue weighted by Crippen LogP contribution is 2.16. The number of nitrogens with zero attached hydrogens (tertiary/aromatic N) is 1. The number of carbonyl (C=O) groups is 1. The molecule has 2 rings (SSSR count). The second-order valence-corrected chi connectivity index (χ2v) is 3.54. The van der Waals surface area contributed by atoms with Gasteiger partial charge >= 0.3 is 0 Å². The first kappa shape index (κ1) is 9.98. The van der Waals surface area contributed by atoms with Crippen molar-refractivity contribution in [3.05, 3.63) is 29.0 Å². The number of imidazole rings is 1. The van der Waals surface area contributed by atoms with Crippen LogP contribution in [-0.2, 0) is 0 Å². The van der Waals surface area contributed by atoms with Gasteiger partial charge in [-0.25, -0.2) is 4.98 Å². The quantitative estimate of drug-likeness (QED) is 0.818. The Kier molecular flexibility index (Phi) is 2.60. The number of halogens is 1. The summed E-state index contributed by atoms with van der Waals surface area (Å²) >= 11 is 5.81. The Labute approximate surface area is 91.7 Å². The third-order valence-electron chi connectivity index (χ3n) is 2.00. The molecule has 0 aliphatic heterocycles. The SMILES string of the molecule is CCNC(=O)c1nc2cc(Cl)ccc2[nH]1. The van der Waals surface area contributed by atoms with Gasteiger partial charge in [-0.15, -0.1) is 0 Å². The molecule has 0 fully saturated rings. The highest BCUT2D eigenvalue weighted by Gasteiger charge is 2.09. The molecule has 1 heterocycles. The molecule has 5 heteroatoms. The van der Waals surface area contributed by atoms with E-state index >= 15 is 0 Å². The van der Waals surface area contributed by atoms with E-state index in [1.165, 1.54) is 0 Å². The molecule has 2 aromatic rings. The second kappa shape index (κ2) is 3.90. The zero-order valence-corrected chi connectivity index (χ0v) is 8.93. The monoisotopic (exact) mass is 223 g/mol. The van der Waals surface area contributed by atoms with Gasteiger partial charge in [0.05, 0.1) is 11.0 Å². The highest BCUT2D eigenvalue weighted by molar-refractivity contribution is 6.31. The first-order valence-electron chi connectivity index (χ1n) is 4.64. The maximum Gasteiger partial charge on any atom is 0.287 e. The van der Waals surface area contributed by atoms with Crippen LogP contribution in [0.15, 0.2) is 18.2 Å². The summed E-state index contributed by atoms with van der Waals surface area (Å²) in [4.78, 5) is 18.5. The smallest absolute Gasteiger partial charge is 0.287 e. The molecule has 0 saturated carbocycles. The number of hydrogen-bond acceptors (Lipinski definition) is 2. The average molecular weight is 224 g/mol. The number of benzene rings is 1. The Morgan fingerprint density at radius 2 is 2.40 bits per heavy atom. The van der Waals surface area contributed by atoms with Crippen LogP contribution in [0.1, 0.15) is 17.5 Å². The van der Waals surface area contributed by atoms with Gasteiger partial charge in [0.2, 0.25) is 0 Å². The fourth-order valence-electron chi connectivity index (χ4n) is 1.33. The van der Waals surface area contributed by atoms with Gasteiger partial charge in [-0.2, -0.15) is 0 Å². The molecule has 0 aliphatic carbocycles. The summed E-state index contributed by atoms with van der Waals surface area (Å²) in [6, 6.07) is 5.27. The maximum atomic E-state index is 11.5. The van der Waals surface area contributed by atoms with Crippen molar-refractivity contribution in [2.75, 3.05) is 6.54 Å². The summed E-state index contributed by atoms with van der Waals surface area (Å²) in [6.07, 6.45) is 0. The van der Waals surface area contributed by atoms with Crippen LogP contribution in [0.25, 0.3) is 11.0 Å². The van der Waals surface area contributed by atoms with E-state index in [1.807, 2.05) is 6.92 Å². The van der Waals surface area contributed by atoms with Gasteiger partial charge in [0.25, 0.3) is 5.91 Å². The number of aromatic nitrogens is 2. The van der Waals surface area contributed by atoms with E-state index in [9.17, 15) is 4.79 Å². The molecule has 0 unspecified atom stereocenters. The highest BCUT2D eigenvalue weighted by atomic mass is 35.5. The van der Waals surface area contributed by atoms with Crippen molar-refractivity contribution < 1.29 is 4.79 Å². The molecule has 1 aromatic carbocycles. The van der Waals surface area contributed by atoms with Gasteiger partial charge in [0.1, 0.15) is 0 Å². The lowest BCUT2D eigenvalue weighted by atomic mass is 10.3. The van der Waals surface area contributed by atoms with Crippen molar-refractivity contribution in [2.45, 2.75) is 6.92 Å². The number of aromatic amines is 1. The molecule has 0 spiro atoms. The van der Waals surface area contributed by atoms with Gasteiger partial charge in [-0.1, -0.05) is 11.6 Å².